The first-order chi connectivity index (χ1) is 12.2. The molecular formula is C20H24N2O3. The number of ether oxygens (including phenoxy) is 2. The number of hydrogen-bond acceptors (Lipinski definition) is 5. The molecule has 1 aromatic heterocycles. The van der Waals surface area contributed by atoms with E-state index in [9.17, 15) is 4.79 Å². The second kappa shape index (κ2) is 7.66. The molecule has 5 heteroatoms. The molecular weight excluding hydrogens is 316 g/mol. The Bertz CT molecular complexity index is 714. The van der Waals surface area contributed by atoms with E-state index < -0.39 is 5.41 Å². The molecule has 0 spiro atoms. The number of aromatic nitrogens is 1. The largest absolute Gasteiger partial charge is 0.496 e. The number of pyridine rings is 1. The molecule has 2 aromatic rings. The average molecular weight is 340 g/mol. The van der Waals surface area contributed by atoms with Gasteiger partial charge in [0, 0.05) is 18.0 Å². The maximum Gasteiger partial charge on any atom is 0.322 e. The fraction of sp³-hybridized carbons (Fsp3) is 0.400. The van der Waals surface area contributed by atoms with Gasteiger partial charge in [0.15, 0.2) is 0 Å². The van der Waals surface area contributed by atoms with Crippen LogP contribution in [0.3, 0.4) is 0 Å². The van der Waals surface area contributed by atoms with Crippen molar-refractivity contribution in [1.82, 2.24) is 10.3 Å². The van der Waals surface area contributed by atoms with Crippen molar-refractivity contribution in [3.8, 4) is 11.5 Å². The first kappa shape index (κ1) is 17.4. The van der Waals surface area contributed by atoms with Gasteiger partial charge in [-0.15, -0.1) is 0 Å². The number of carbonyl (C=O) groups excluding carboxylic acids is 1. The van der Waals surface area contributed by atoms with Crippen LogP contribution < -0.4 is 14.8 Å². The number of hydrogen-bond donors (Lipinski definition) is 1. The number of methoxy groups -OCH3 is 1. The Morgan fingerprint density at radius 1 is 1.16 bits per heavy atom. The summed E-state index contributed by atoms with van der Waals surface area (Å²) in [4.78, 5) is 17.3. The minimum absolute atomic E-state index is 0.180. The Labute approximate surface area is 148 Å². The van der Waals surface area contributed by atoms with Crippen LogP contribution in [0.15, 0.2) is 48.8 Å². The van der Waals surface area contributed by atoms with Gasteiger partial charge in [-0.25, -0.2) is 0 Å². The zero-order chi connectivity index (χ0) is 17.7. The van der Waals surface area contributed by atoms with Gasteiger partial charge in [-0.05, 0) is 57.0 Å². The van der Waals surface area contributed by atoms with E-state index in [1.807, 2.05) is 31.2 Å². The van der Waals surface area contributed by atoms with Gasteiger partial charge in [-0.3, -0.25) is 9.78 Å². The molecule has 0 bridgehead atoms. The first-order valence-corrected chi connectivity index (χ1v) is 8.62. The number of esters is 1. The fourth-order valence-electron chi connectivity index (χ4n) is 3.59. The van der Waals surface area contributed by atoms with Gasteiger partial charge in [-0.2, -0.15) is 0 Å². The van der Waals surface area contributed by atoms with Crippen molar-refractivity contribution in [2.45, 2.75) is 25.2 Å². The van der Waals surface area contributed by atoms with Crippen LogP contribution in [0.4, 0.5) is 0 Å². The van der Waals surface area contributed by atoms with Crippen LogP contribution in [0.5, 0.6) is 11.5 Å². The highest BCUT2D eigenvalue weighted by Crippen LogP contribution is 2.42. The zero-order valence-electron chi connectivity index (χ0n) is 14.7. The molecule has 1 fully saturated rings. The van der Waals surface area contributed by atoms with Gasteiger partial charge in [0.2, 0.25) is 0 Å². The highest BCUT2D eigenvalue weighted by atomic mass is 16.5. The summed E-state index contributed by atoms with van der Waals surface area (Å²) in [6, 6.07) is 11.1. The van der Waals surface area contributed by atoms with Gasteiger partial charge in [0.05, 0.1) is 12.5 Å². The minimum Gasteiger partial charge on any atom is -0.496 e. The predicted molar refractivity (Wildman–Crippen MR) is 95.8 cm³/mol. The van der Waals surface area contributed by atoms with E-state index in [0.29, 0.717) is 5.75 Å². The fourth-order valence-corrected chi connectivity index (χ4v) is 3.59. The lowest BCUT2D eigenvalue weighted by molar-refractivity contribution is -0.143. The van der Waals surface area contributed by atoms with Crippen molar-refractivity contribution in [3.63, 3.8) is 0 Å². The second-order valence-electron chi connectivity index (χ2n) is 6.50. The van der Waals surface area contributed by atoms with Crippen molar-refractivity contribution in [2.24, 2.45) is 5.92 Å². The third-order valence-electron chi connectivity index (χ3n) is 5.11. The smallest absolute Gasteiger partial charge is 0.322 e. The molecule has 5 nitrogen and oxygen atoms in total. The first-order valence-electron chi connectivity index (χ1n) is 8.62. The highest BCUT2D eigenvalue weighted by molar-refractivity contribution is 5.86. The van der Waals surface area contributed by atoms with Crippen LogP contribution in [0.2, 0.25) is 0 Å². The van der Waals surface area contributed by atoms with E-state index in [1.54, 1.807) is 31.6 Å². The summed E-state index contributed by atoms with van der Waals surface area (Å²) in [6.45, 7) is 3.78. The molecule has 3 rings (SSSR count). The van der Waals surface area contributed by atoms with Crippen LogP contribution in [0, 0.1) is 5.92 Å². The monoisotopic (exact) mass is 340 g/mol. The van der Waals surface area contributed by atoms with E-state index in [2.05, 4.69) is 10.3 Å². The molecule has 0 radical (unpaired) electrons. The van der Waals surface area contributed by atoms with Gasteiger partial charge in [-0.1, -0.05) is 18.2 Å². The van der Waals surface area contributed by atoms with Crippen molar-refractivity contribution in [2.75, 3.05) is 20.2 Å². The van der Waals surface area contributed by atoms with E-state index in [1.165, 1.54) is 0 Å². The molecule has 1 aliphatic rings. The lowest BCUT2D eigenvalue weighted by Crippen LogP contribution is -2.47. The van der Waals surface area contributed by atoms with E-state index >= 15 is 0 Å². The summed E-state index contributed by atoms with van der Waals surface area (Å²) in [5, 5.41) is 3.36. The Kier molecular flexibility index (Phi) is 5.34. The SMILES string of the molecule is COc1ccccc1C(C)(C(=O)Oc1ccncc1)C1CCNCC1. The van der Waals surface area contributed by atoms with Crippen molar-refractivity contribution < 1.29 is 14.3 Å². The van der Waals surface area contributed by atoms with Crippen LogP contribution in [0.25, 0.3) is 0 Å². The molecule has 2 heterocycles. The molecule has 0 aliphatic carbocycles. The molecule has 1 N–H and O–H groups in total. The molecule has 1 unspecified atom stereocenters. The Hall–Kier alpha value is -2.40. The van der Waals surface area contributed by atoms with Crippen LogP contribution in [-0.4, -0.2) is 31.2 Å². The number of nitrogens with zero attached hydrogens (tertiary/aromatic N) is 1. The zero-order valence-corrected chi connectivity index (χ0v) is 14.7. The van der Waals surface area contributed by atoms with Crippen molar-refractivity contribution in [3.05, 3.63) is 54.4 Å². The molecule has 0 amide bonds. The molecule has 132 valence electrons. The Morgan fingerprint density at radius 3 is 2.52 bits per heavy atom. The third-order valence-corrected chi connectivity index (χ3v) is 5.11. The van der Waals surface area contributed by atoms with Gasteiger partial charge in [0.1, 0.15) is 11.5 Å². The molecule has 25 heavy (non-hydrogen) atoms. The normalized spacial score (nSPS) is 17.5. The minimum atomic E-state index is -0.780. The van der Waals surface area contributed by atoms with Crippen LogP contribution >= 0.6 is 0 Å². The van der Waals surface area contributed by atoms with Gasteiger partial charge >= 0.3 is 5.97 Å². The number of benzene rings is 1. The predicted octanol–water partition coefficient (Wildman–Crippen LogP) is 2.95. The highest BCUT2D eigenvalue weighted by Gasteiger charge is 2.46. The molecule has 0 saturated carbocycles. The summed E-state index contributed by atoms with van der Waals surface area (Å²) in [7, 11) is 1.63. The van der Waals surface area contributed by atoms with Crippen LogP contribution in [-0.2, 0) is 10.2 Å². The number of nitrogens with one attached hydrogen (secondary N) is 1. The molecule has 1 aliphatic heterocycles. The van der Waals surface area contributed by atoms with Gasteiger partial charge < -0.3 is 14.8 Å². The number of rotatable bonds is 5. The maximum absolute atomic E-state index is 13.3. The Balaban J connectivity index is 2.00. The Morgan fingerprint density at radius 2 is 1.84 bits per heavy atom. The van der Waals surface area contributed by atoms with Crippen LogP contribution in [0.1, 0.15) is 25.3 Å². The van der Waals surface area contributed by atoms with E-state index in [4.69, 9.17) is 9.47 Å². The molecule has 1 saturated heterocycles. The topological polar surface area (TPSA) is 60.5 Å². The van der Waals surface area contributed by atoms with E-state index in [0.717, 1.165) is 37.2 Å². The van der Waals surface area contributed by atoms with E-state index in [-0.39, 0.29) is 11.9 Å². The summed E-state index contributed by atoms with van der Waals surface area (Å²) >= 11 is 0. The summed E-state index contributed by atoms with van der Waals surface area (Å²) in [5.41, 5.74) is 0.0984. The standard InChI is InChI=1S/C20H24N2O3/c1-20(15-7-11-21-12-8-15,17-5-3-4-6-18(17)24-2)19(23)25-16-9-13-22-14-10-16/h3-6,9-10,13-15,21H,7-8,11-12H2,1-2H3. The summed E-state index contributed by atoms with van der Waals surface area (Å²) in [5.74, 6) is 1.15. The summed E-state index contributed by atoms with van der Waals surface area (Å²) in [6.07, 6.45) is 5.07. The number of piperidine rings is 1. The lowest BCUT2D eigenvalue weighted by atomic mass is 9.68. The maximum atomic E-state index is 13.3. The van der Waals surface area contributed by atoms with Gasteiger partial charge in [0.25, 0.3) is 0 Å². The molecule has 1 atom stereocenters. The number of carbonyl (C=O) groups is 1. The number of para-hydroxylation sites is 1. The second-order valence-corrected chi connectivity index (χ2v) is 6.50. The van der Waals surface area contributed by atoms with Crippen molar-refractivity contribution >= 4 is 5.97 Å². The summed E-state index contributed by atoms with van der Waals surface area (Å²) < 4.78 is 11.3. The quantitative estimate of drug-likeness (QED) is 0.848. The molecule has 1 aromatic carbocycles. The van der Waals surface area contributed by atoms with Crippen molar-refractivity contribution in [1.29, 1.82) is 0 Å². The lowest BCUT2D eigenvalue weighted by Gasteiger charge is -2.39. The third kappa shape index (κ3) is 3.51. The average Bonchev–Trinajstić information content (AvgIpc) is 2.68.